The number of anilines is 1. The molecule has 2 heterocycles. The van der Waals surface area contributed by atoms with E-state index in [1.165, 1.54) is 19.2 Å². The van der Waals surface area contributed by atoms with Gasteiger partial charge in [-0.05, 0) is 18.6 Å². The lowest BCUT2D eigenvalue weighted by molar-refractivity contribution is 0.420. The Morgan fingerprint density at radius 3 is 2.54 bits per heavy atom. The van der Waals surface area contributed by atoms with Crippen molar-refractivity contribution >= 4 is 15.7 Å². The fourth-order valence-corrected chi connectivity index (χ4v) is 4.20. The highest BCUT2D eigenvalue weighted by Gasteiger charge is 2.37. The lowest BCUT2D eigenvalue weighted by atomic mass is 10.1. The van der Waals surface area contributed by atoms with Crippen molar-refractivity contribution in [3.63, 3.8) is 0 Å². The van der Waals surface area contributed by atoms with Crippen LogP contribution in [-0.2, 0) is 16.6 Å². The molecule has 1 aliphatic heterocycles. The van der Waals surface area contributed by atoms with Crippen LogP contribution in [0.2, 0.25) is 0 Å². The van der Waals surface area contributed by atoms with Crippen LogP contribution in [0, 0.1) is 0 Å². The average Bonchev–Trinajstić information content (AvgIpc) is 2.56. The SMILES string of the molecule is CCCCCn1c(=O)oc2c(c1=O)N(C)S(=O)(=O)c1ccccc1-2. The number of sulfonamides is 1. The highest BCUT2D eigenvalue weighted by molar-refractivity contribution is 7.93. The average molecular weight is 350 g/mol. The van der Waals surface area contributed by atoms with Gasteiger partial charge in [0.15, 0.2) is 11.4 Å². The number of nitrogens with zero attached hydrogens (tertiary/aromatic N) is 2. The molecule has 3 rings (SSSR count). The summed E-state index contributed by atoms with van der Waals surface area (Å²) in [6.07, 6.45) is 2.44. The molecule has 128 valence electrons. The maximum absolute atomic E-state index is 12.7. The summed E-state index contributed by atoms with van der Waals surface area (Å²) < 4.78 is 32.5. The van der Waals surface area contributed by atoms with Gasteiger partial charge >= 0.3 is 5.76 Å². The lowest BCUT2D eigenvalue weighted by Crippen LogP contribution is -2.41. The Morgan fingerprint density at radius 1 is 1.12 bits per heavy atom. The quantitative estimate of drug-likeness (QED) is 0.784. The van der Waals surface area contributed by atoms with E-state index < -0.39 is 21.3 Å². The topological polar surface area (TPSA) is 89.6 Å². The molecule has 0 radical (unpaired) electrons. The van der Waals surface area contributed by atoms with E-state index in [2.05, 4.69) is 0 Å². The van der Waals surface area contributed by atoms with E-state index in [0.717, 1.165) is 21.7 Å². The fourth-order valence-electron chi connectivity index (χ4n) is 2.82. The lowest BCUT2D eigenvalue weighted by Gasteiger charge is -2.27. The zero-order valence-corrected chi connectivity index (χ0v) is 14.3. The number of unbranched alkanes of at least 4 members (excludes halogenated alkanes) is 2. The highest BCUT2D eigenvalue weighted by Crippen LogP contribution is 2.39. The predicted molar refractivity (Wildman–Crippen MR) is 89.8 cm³/mol. The van der Waals surface area contributed by atoms with Crippen LogP contribution in [0.4, 0.5) is 5.69 Å². The summed E-state index contributed by atoms with van der Waals surface area (Å²) in [5.41, 5.74) is -0.525. The molecule has 7 nitrogen and oxygen atoms in total. The van der Waals surface area contributed by atoms with Gasteiger partial charge in [-0.25, -0.2) is 17.8 Å². The molecule has 0 N–H and O–H groups in total. The first kappa shape index (κ1) is 16.5. The van der Waals surface area contributed by atoms with E-state index in [-0.39, 0.29) is 28.5 Å². The van der Waals surface area contributed by atoms with Gasteiger partial charge in [-0.3, -0.25) is 9.10 Å². The van der Waals surface area contributed by atoms with Gasteiger partial charge in [-0.2, -0.15) is 0 Å². The van der Waals surface area contributed by atoms with Crippen molar-refractivity contribution < 1.29 is 12.8 Å². The first-order chi connectivity index (χ1) is 11.4. The highest BCUT2D eigenvalue weighted by atomic mass is 32.2. The first-order valence-electron chi connectivity index (χ1n) is 7.76. The zero-order chi connectivity index (χ0) is 17.5. The Kier molecular flexibility index (Phi) is 4.08. The number of aromatic nitrogens is 1. The summed E-state index contributed by atoms with van der Waals surface area (Å²) >= 11 is 0. The molecule has 0 spiro atoms. The Hall–Kier alpha value is -2.35. The maximum Gasteiger partial charge on any atom is 0.422 e. The van der Waals surface area contributed by atoms with Crippen LogP contribution in [0.3, 0.4) is 0 Å². The van der Waals surface area contributed by atoms with Crippen LogP contribution in [0.1, 0.15) is 26.2 Å². The van der Waals surface area contributed by atoms with Crippen LogP contribution in [0.25, 0.3) is 11.3 Å². The first-order valence-corrected chi connectivity index (χ1v) is 9.20. The molecule has 1 aromatic heterocycles. The van der Waals surface area contributed by atoms with Gasteiger partial charge in [-0.1, -0.05) is 31.9 Å². The van der Waals surface area contributed by atoms with Crippen molar-refractivity contribution in [2.45, 2.75) is 37.6 Å². The van der Waals surface area contributed by atoms with Crippen LogP contribution < -0.4 is 15.6 Å². The smallest absolute Gasteiger partial charge is 0.407 e. The van der Waals surface area contributed by atoms with Gasteiger partial charge in [-0.15, -0.1) is 0 Å². The second-order valence-electron chi connectivity index (χ2n) is 5.68. The van der Waals surface area contributed by atoms with Crippen LogP contribution in [0.5, 0.6) is 0 Å². The maximum atomic E-state index is 12.7. The summed E-state index contributed by atoms with van der Waals surface area (Å²) in [5, 5.41) is 0. The molecule has 0 saturated heterocycles. The van der Waals surface area contributed by atoms with E-state index >= 15 is 0 Å². The molecule has 0 aliphatic carbocycles. The molecule has 1 aromatic carbocycles. The third kappa shape index (κ3) is 2.37. The molecular formula is C16H18N2O5S. The molecule has 0 amide bonds. The van der Waals surface area contributed by atoms with Crippen molar-refractivity contribution in [1.82, 2.24) is 4.57 Å². The minimum Gasteiger partial charge on any atom is -0.407 e. The van der Waals surface area contributed by atoms with E-state index in [0.29, 0.717) is 6.42 Å². The number of rotatable bonds is 4. The second-order valence-corrected chi connectivity index (χ2v) is 7.62. The minimum atomic E-state index is -3.85. The molecule has 1 aliphatic rings. The molecule has 0 atom stereocenters. The van der Waals surface area contributed by atoms with Crippen molar-refractivity contribution in [2.24, 2.45) is 0 Å². The summed E-state index contributed by atoms with van der Waals surface area (Å²) in [5.74, 6) is -0.762. The van der Waals surface area contributed by atoms with E-state index in [9.17, 15) is 18.0 Å². The van der Waals surface area contributed by atoms with Gasteiger partial charge in [0, 0.05) is 19.2 Å². The van der Waals surface area contributed by atoms with Gasteiger partial charge in [0.2, 0.25) is 0 Å². The van der Waals surface area contributed by atoms with Gasteiger partial charge in [0.25, 0.3) is 15.6 Å². The molecule has 0 saturated carbocycles. The summed E-state index contributed by atoms with van der Waals surface area (Å²) in [4.78, 5) is 25.0. The zero-order valence-electron chi connectivity index (χ0n) is 13.5. The minimum absolute atomic E-state index is 0.00432. The van der Waals surface area contributed by atoms with Gasteiger partial charge in [0.05, 0.1) is 4.90 Å². The van der Waals surface area contributed by atoms with Crippen molar-refractivity contribution in [1.29, 1.82) is 0 Å². The predicted octanol–water partition coefficient (Wildman–Crippen LogP) is 1.80. The third-order valence-corrected chi connectivity index (χ3v) is 5.96. The molecule has 0 fully saturated rings. The Labute approximate surface area is 139 Å². The number of hydrogen-bond acceptors (Lipinski definition) is 5. The molecule has 2 aromatic rings. The normalized spacial score (nSPS) is 15.0. The Bertz CT molecular complexity index is 1000. The van der Waals surface area contributed by atoms with Crippen molar-refractivity contribution in [3.8, 4) is 11.3 Å². The molecule has 0 unspecified atom stereocenters. The third-order valence-electron chi connectivity index (χ3n) is 4.14. The van der Waals surface area contributed by atoms with E-state index in [4.69, 9.17) is 4.42 Å². The summed E-state index contributed by atoms with van der Waals surface area (Å²) in [6.45, 7) is 2.22. The Balaban J connectivity index is 2.28. The standard InChI is InChI=1S/C16H18N2O5S/c1-3-4-7-10-18-15(19)13-14(23-16(18)20)11-8-5-6-9-12(11)24(21,22)17(13)2/h5-6,8-9H,3-4,7,10H2,1-2H3. The largest absolute Gasteiger partial charge is 0.422 e. The fraction of sp³-hybridized carbons (Fsp3) is 0.375. The van der Waals surface area contributed by atoms with Gasteiger partial charge in [0.1, 0.15) is 0 Å². The molecule has 24 heavy (non-hydrogen) atoms. The molecular weight excluding hydrogens is 332 g/mol. The van der Waals surface area contributed by atoms with Crippen molar-refractivity contribution in [3.05, 3.63) is 45.2 Å². The summed E-state index contributed by atoms with van der Waals surface area (Å²) in [6, 6.07) is 6.18. The number of hydrogen-bond donors (Lipinski definition) is 0. The number of fused-ring (bicyclic) bond motifs is 3. The number of benzene rings is 1. The van der Waals surface area contributed by atoms with Crippen LogP contribution >= 0.6 is 0 Å². The Morgan fingerprint density at radius 2 is 1.83 bits per heavy atom. The van der Waals surface area contributed by atoms with Crippen LogP contribution in [-0.4, -0.2) is 20.0 Å². The van der Waals surface area contributed by atoms with E-state index in [1.807, 2.05) is 6.92 Å². The molecule has 0 bridgehead atoms. The monoisotopic (exact) mass is 350 g/mol. The summed E-state index contributed by atoms with van der Waals surface area (Å²) in [7, 11) is -2.56. The van der Waals surface area contributed by atoms with E-state index in [1.54, 1.807) is 12.1 Å². The van der Waals surface area contributed by atoms with Crippen LogP contribution in [0.15, 0.2) is 43.2 Å². The van der Waals surface area contributed by atoms with Crippen molar-refractivity contribution in [2.75, 3.05) is 11.4 Å². The second kappa shape index (κ2) is 5.94. The van der Waals surface area contributed by atoms with Gasteiger partial charge < -0.3 is 4.42 Å². The molecule has 8 heteroatoms.